The van der Waals surface area contributed by atoms with Crippen LogP contribution in [0.5, 0.6) is 0 Å². The molecule has 0 bridgehead atoms. The SMILES string of the molecule is CC(C)=CCCC(C)=CCC(OC1CCCCO1)C(C)=CCN. The number of hydrogen-bond acceptors (Lipinski definition) is 3. The summed E-state index contributed by atoms with van der Waals surface area (Å²) in [6.45, 7) is 9.97. The first kappa shape index (κ1) is 20.1. The molecule has 1 rings (SSSR count). The molecule has 1 aliphatic heterocycles. The molecule has 3 heteroatoms. The number of nitrogens with two attached hydrogens (primary N) is 1. The van der Waals surface area contributed by atoms with Crippen molar-refractivity contribution < 1.29 is 9.47 Å². The van der Waals surface area contributed by atoms with Gasteiger partial charge in [-0.25, -0.2) is 0 Å². The van der Waals surface area contributed by atoms with Gasteiger partial charge in [-0.1, -0.05) is 29.4 Å². The third-order valence-corrected chi connectivity index (χ3v) is 4.17. The van der Waals surface area contributed by atoms with Crippen LogP contribution in [0.25, 0.3) is 0 Å². The molecular formula is C20H35NO2. The highest BCUT2D eigenvalue weighted by Gasteiger charge is 2.20. The fraction of sp³-hybridized carbons (Fsp3) is 0.700. The summed E-state index contributed by atoms with van der Waals surface area (Å²) in [6.07, 6.45) is 13.1. The highest BCUT2D eigenvalue weighted by atomic mass is 16.7. The van der Waals surface area contributed by atoms with Gasteiger partial charge in [0, 0.05) is 13.2 Å². The predicted octanol–water partition coefficient (Wildman–Crippen LogP) is 4.89. The second-order valence-electron chi connectivity index (χ2n) is 6.71. The van der Waals surface area contributed by atoms with E-state index in [0.29, 0.717) is 6.54 Å². The first-order valence-corrected chi connectivity index (χ1v) is 8.95. The van der Waals surface area contributed by atoms with Crippen LogP contribution >= 0.6 is 0 Å². The van der Waals surface area contributed by atoms with Gasteiger partial charge in [-0.05, 0) is 71.8 Å². The first-order chi connectivity index (χ1) is 11.0. The van der Waals surface area contributed by atoms with Crippen molar-refractivity contribution in [3.8, 4) is 0 Å². The summed E-state index contributed by atoms with van der Waals surface area (Å²) in [4.78, 5) is 0. The van der Waals surface area contributed by atoms with Crippen LogP contribution in [0.2, 0.25) is 0 Å². The molecule has 23 heavy (non-hydrogen) atoms. The number of allylic oxidation sites excluding steroid dienone is 3. The number of ether oxygens (including phenoxy) is 2. The highest BCUT2D eigenvalue weighted by molar-refractivity contribution is 5.11. The van der Waals surface area contributed by atoms with Crippen molar-refractivity contribution in [2.24, 2.45) is 5.73 Å². The highest BCUT2D eigenvalue weighted by Crippen LogP contribution is 2.21. The van der Waals surface area contributed by atoms with Gasteiger partial charge in [-0.3, -0.25) is 0 Å². The Morgan fingerprint density at radius 3 is 2.57 bits per heavy atom. The molecule has 1 heterocycles. The molecule has 0 aromatic carbocycles. The van der Waals surface area contributed by atoms with E-state index >= 15 is 0 Å². The second kappa shape index (κ2) is 11.6. The van der Waals surface area contributed by atoms with Crippen molar-refractivity contribution in [3.05, 3.63) is 34.9 Å². The summed E-state index contributed by atoms with van der Waals surface area (Å²) in [5, 5.41) is 0. The van der Waals surface area contributed by atoms with Crippen molar-refractivity contribution in [2.45, 2.75) is 78.6 Å². The van der Waals surface area contributed by atoms with Gasteiger partial charge in [0.05, 0.1) is 6.10 Å². The van der Waals surface area contributed by atoms with Gasteiger partial charge < -0.3 is 15.2 Å². The van der Waals surface area contributed by atoms with Gasteiger partial charge in [-0.15, -0.1) is 0 Å². The molecule has 0 radical (unpaired) electrons. The van der Waals surface area contributed by atoms with E-state index < -0.39 is 0 Å². The first-order valence-electron chi connectivity index (χ1n) is 8.95. The molecule has 0 aromatic rings. The minimum Gasteiger partial charge on any atom is -0.353 e. The summed E-state index contributed by atoms with van der Waals surface area (Å²) in [6, 6.07) is 0. The Hall–Kier alpha value is -0.900. The van der Waals surface area contributed by atoms with Gasteiger partial charge in [-0.2, -0.15) is 0 Å². The van der Waals surface area contributed by atoms with Crippen molar-refractivity contribution in [3.63, 3.8) is 0 Å². The maximum Gasteiger partial charge on any atom is 0.158 e. The molecule has 0 amide bonds. The summed E-state index contributed by atoms with van der Waals surface area (Å²) < 4.78 is 11.9. The van der Waals surface area contributed by atoms with Crippen molar-refractivity contribution in [1.82, 2.24) is 0 Å². The van der Waals surface area contributed by atoms with E-state index in [4.69, 9.17) is 15.2 Å². The largest absolute Gasteiger partial charge is 0.353 e. The topological polar surface area (TPSA) is 44.5 Å². The normalized spacial score (nSPS) is 21.2. The molecule has 3 nitrogen and oxygen atoms in total. The average molecular weight is 322 g/mol. The van der Waals surface area contributed by atoms with Crippen LogP contribution < -0.4 is 5.73 Å². The van der Waals surface area contributed by atoms with Crippen LogP contribution in [-0.4, -0.2) is 25.5 Å². The quantitative estimate of drug-likeness (QED) is 0.615. The Bertz CT molecular complexity index is 413. The van der Waals surface area contributed by atoms with Crippen molar-refractivity contribution in [1.29, 1.82) is 0 Å². The molecule has 1 fully saturated rings. The maximum atomic E-state index is 6.20. The zero-order valence-electron chi connectivity index (χ0n) is 15.4. The van der Waals surface area contributed by atoms with E-state index in [0.717, 1.165) is 38.7 Å². The summed E-state index contributed by atoms with van der Waals surface area (Å²) in [7, 11) is 0. The summed E-state index contributed by atoms with van der Waals surface area (Å²) >= 11 is 0. The summed E-state index contributed by atoms with van der Waals surface area (Å²) in [5.74, 6) is 0. The fourth-order valence-electron chi connectivity index (χ4n) is 2.67. The minimum atomic E-state index is -0.0609. The Morgan fingerprint density at radius 2 is 1.96 bits per heavy atom. The van der Waals surface area contributed by atoms with Gasteiger partial charge in [0.2, 0.25) is 0 Å². The molecule has 2 atom stereocenters. The summed E-state index contributed by atoms with van der Waals surface area (Å²) in [5.41, 5.74) is 9.67. The van der Waals surface area contributed by atoms with Crippen LogP contribution in [-0.2, 0) is 9.47 Å². The van der Waals surface area contributed by atoms with Crippen LogP contribution in [0.3, 0.4) is 0 Å². The lowest BCUT2D eigenvalue weighted by Gasteiger charge is -2.28. The second-order valence-corrected chi connectivity index (χ2v) is 6.71. The molecule has 0 aromatic heterocycles. The molecule has 0 saturated carbocycles. The van der Waals surface area contributed by atoms with E-state index in [9.17, 15) is 0 Å². The van der Waals surface area contributed by atoms with E-state index in [1.165, 1.54) is 23.1 Å². The lowest BCUT2D eigenvalue weighted by atomic mass is 10.0. The van der Waals surface area contributed by atoms with Gasteiger partial charge in [0.1, 0.15) is 0 Å². The van der Waals surface area contributed by atoms with Crippen LogP contribution in [0.1, 0.15) is 66.2 Å². The fourth-order valence-corrected chi connectivity index (χ4v) is 2.67. The monoisotopic (exact) mass is 321 g/mol. The van der Waals surface area contributed by atoms with Gasteiger partial charge in [0.15, 0.2) is 6.29 Å². The minimum absolute atomic E-state index is 0.0609. The van der Waals surface area contributed by atoms with E-state index in [1.54, 1.807) is 0 Å². The third-order valence-electron chi connectivity index (χ3n) is 4.17. The molecule has 132 valence electrons. The molecule has 0 aliphatic carbocycles. The predicted molar refractivity (Wildman–Crippen MR) is 98.3 cm³/mol. The zero-order chi connectivity index (χ0) is 17.1. The lowest BCUT2D eigenvalue weighted by Crippen LogP contribution is -2.28. The van der Waals surface area contributed by atoms with Crippen LogP contribution in [0.15, 0.2) is 34.9 Å². The standard InChI is InChI=1S/C20H35NO2/c1-16(2)8-7-9-17(3)11-12-19(18(4)13-14-21)23-20-10-5-6-15-22-20/h8,11,13,19-20H,5-7,9-10,12,14-15,21H2,1-4H3. The van der Waals surface area contributed by atoms with Crippen LogP contribution in [0, 0.1) is 0 Å². The Balaban J connectivity index is 2.57. The molecular weight excluding hydrogens is 286 g/mol. The molecule has 2 unspecified atom stereocenters. The number of hydrogen-bond donors (Lipinski definition) is 1. The van der Waals surface area contributed by atoms with E-state index in [1.807, 2.05) is 0 Å². The molecule has 1 saturated heterocycles. The average Bonchev–Trinajstić information content (AvgIpc) is 2.52. The third kappa shape index (κ3) is 9.09. The Morgan fingerprint density at radius 1 is 1.17 bits per heavy atom. The lowest BCUT2D eigenvalue weighted by molar-refractivity contribution is -0.179. The zero-order valence-corrected chi connectivity index (χ0v) is 15.4. The van der Waals surface area contributed by atoms with Gasteiger partial charge >= 0.3 is 0 Å². The Kier molecular flexibility index (Phi) is 10.2. The van der Waals surface area contributed by atoms with Crippen LogP contribution in [0.4, 0.5) is 0 Å². The van der Waals surface area contributed by atoms with Crippen molar-refractivity contribution >= 4 is 0 Å². The molecule has 1 aliphatic rings. The van der Waals surface area contributed by atoms with E-state index in [-0.39, 0.29) is 12.4 Å². The molecule has 2 N–H and O–H groups in total. The molecule has 0 spiro atoms. The van der Waals surface area contributed by atoms with E-state index in [2.05, 4.69) is 45.9 Å². The van der Waals surface area contributed by atoms with Crippen molar-refractivity contribution in [2.75, 3.05) is 13.2 Å². The van der Waals surface area contributed by atoms with Gasteiger partial charge in [0.25, 0.3) is 0 Å². The number of rotatable bonds is 9. The Labute approximate surface area is 142 Å². The maximum absolute atomic E-state index is 6.20. The smallest absolute Gasteiger partial charge is 0.158 e.